The molecule has 1 fully saturated rings. The number of nitrogens with zero attached hydrogens (tertiary/aromatic N) is 2. The van der Waals surface area contributed by atoms with E-state index in [9.17, 15) is 9.59 Å². The maximum Gasteiger partial charge on any atom is 0.270 e. The van der Waals surface area contributed by atoms with Crippen molar-refractivity contribution >= 4 is 11.8 Å². The van der Waals surface area contributed by atoms with Crippen molar-refractivity contribution in [3.63, 3.8) is 0 Å². The second kappa shape index (κ2) is 7.05. The summed E-state index contributed by atoms with van der Waals surface area (Å²) in [5, 5.41) is 2.98. The van der Waals surface area contributed by atoms with Gasteiger partial charge in [0.25, 0.3) is 11.8 Å². The number of hydrogen-bond donors (Lipinski definition) is 1. The van der Waals surface area contributed by atoms with Crippen LogP contribution in [0, 0.1) is 0 Å². The lowest BCUT2D eigenvalue weighted by Gasteiger charge is -2.33. The van der Waals surface area contributed by atoms with Crippen LogP contribution in [0.5, 0.6) is 0 Å². The summed E-state index contributed by atoms with van der Waals surface area (Å²) in [5.41, 5.74) is 1.09. The molecule has 0 spiro atoms. The lowest BCUT2D eigenvalue weighted by Crippen LogP contribution is -2.49. The first-order valence-electron chi connectivity index (χ1n) is 7.80. The Balaban J connectivity index is 1.62. The van der Waals surface area contributed by atoms with Gasteiger partial charge in [-0.3, -0.25) is 14.6 Å². The number of hydrogen-bond acceptors (Lipinski definition) is 3. The molecule has 1 N–H and O–H groups in total. The van der Waals surface area contributed by atoms with Gasteiger partial charge in [-0.1, -0.05) is 24.3 Å². The zero-order valence-electron chi connectivity index (χ0n) is 12.8. The monoisotopic (exact) mass is 309 g/mol. The van der Waals surface area contributed by atoms with Crippen molar-refractivity contribution in [3.05, 3.63) is 66.0 Å². The third kappa shape index (κ3) is 3.74. The molecule has 1 saturated heterocycles. The van der Waals surface area contributed by atoms with E-state index in [-0.39, 0.29) is 17.9 Å². The molecule has 23 heavy (non-hydrogen) atoms. The maximum absolute atomic E-state index is 12.5. The smallest absolute Gasteiger partial charge is 0.270 e. The third-order valence-electron chi connectivity index (χ3n) is 3.96. The van der Waals surface area contributed by atoms with Gasteiger partial charge in [-0.15, -0.1) is 0 Å². The van der Waals surface area contributed by atoms with Crippen molar-refractivity contribution in [1.29, 1.82) is 0 Å². The Hall–Kier alpha value is -2.69. The van der Waals surface area contributed by atoms with Gasteiger partial charge in [0, 0.05) is 30.9 Å². The summed E-state index contributed by atoms with van der Waals surface area (Å²) >= 11 is 0. The summed E-state index contributed by atoms with van der Waals surface area (Å²) in [7, 11) is 0. The van der Waals surface area contributed by atoms with Crippen molar-refractivity contribution in [2.75, 3.05) is 13.1 Å². The van der Waals surface area contributed by atoms with Gasteiger partial charge in [0.05, 0.1) is 0 Å². The SMILES string of the molecule is O=C(NC1CCCN(C(=O)c2ccccc2)C1)c1ccccn1. The zero-order chi connectivity index (χ0) is 16.1. The highest BCUT2D eigenvalue weighted by Crippen LogP contribution is 2.14. The molecule has 1 unspecified atom stereocenters. The molecule has 0 bridgehead atoms. The number of likely N-dealkylation sites (tertiary alicyclic amines) is 1. The molecular weight excluding hydrogens is 290 g/mol. The fourth-order valence-electron chi connectivity index (χ4n) is 2.80. The molecule has 118 valence electrons. The Morgan fingerprint density at radius 1 is 1.09 bits per heavy atom. The number of pyridine rings is 1. The summed E-state index contributed by atoms with van der Waals surface area (Å²) in [6.07, 6.45) is 3.35. The van der Waals surface area contributed by atoms with Crippen molar-refractivity contribution in [3.8, 4) is 0 Å². The zero-order valence-corrected chi connectivity index (χ0v) is 12.8. The van der Waals surface area contributed by atoms with E-state index in [0.717, 1.165) is 19.4 Å². The topological polar surface area (TPSA) is 62.3 Å². The van der Waals surface area contributed by atoms with Crippen LogP contribution in [0.2, 0.25) is 0 Å². The quantitative estimate of drug-likeness (QED) is 0.944. The van der Waals surface area contributed by atoms with E-state index in [1.54, 1.807) is 24.4 Å². The Morgan fingerprint density at radius 3 is 2.61 bits per heavy atom. The standard InChI is InChI=1S/C18H19N3O2/c22-17(16-10-4-5-11-19-16)20-15-9-6-12-21(13-15)18(23)14-7-2-1-3-8-14/h1-5,7-8,10-11,15H,6,9,12-13H2,(H,20,22). The van der Waals surface area contributed by atoms with Gasteiger partial charge in [-0.25, -0.2) is 0 Å². The number of carbonyl (C=O) groups is 2. The molecular formula is C18H19N3O2. The first-order valence-corrected chi connectivity index (χ1v) is 7.80. The molecule has 3 rings (SSSR count). The predicted octanol–water partition coefficient (Wildman–Crippen LogP) is 2.12. The fourth-order valence-corrected chi connectivity index (χ4v) is 2.80. The Labute approximate surface area is 135 Å². The molecule has 1 atom stereocenters. The summed E-state index contributed by atoms with van der Waals surface area (Å²) in [4.78, 5) is 30.5. The summed E-state index contributed by atoms with van der Waals surface area (Å²) in [6, 6.07) is 14.5. The van der Waals surface area contributed by atoms with Crippen LogP contribution in [0.15, 0.2) is 54.7 Å². The molecule has 1 aliphatic rings. The van der Waals surface area contributed by atoms with Gasteiger partial charge in [0.15, 0.2) is 0 Å². The lowest BCUT2D eigenvalue weighted by molar-refractivity contribution is 0.0675. The fraction of sp³-hybridized carbons (Fsp3) is 0.278. The van der Waals surface area contributed by atoms with E-state index in [1.165, 1.54) is 0 Å². The van der Waals surface area contributed by atoms with E-state index < -0.39 is 0 Å². The molecule has 0 aliphatic carbocycles. The number of carbonyl (C=O) groups excluding carboxylic acids is 2. The first-order chi connectivity index (χ1) is 11.2. The number of piperidine rings is 1. The van der Waals surface area contributed by atoms with Gasteiger partial charge < -0.3 is 10.2 Å². The van der Waals surface area contributed by atoms with Gasteiger partial charge in [-0.2, -0.15) is 0 Å². The van der Waals surface area contributed by atoms with Crippen molar-refractivity contribution in [2.45, 2.75) is 18.9 Å². The van der Waals surface area contributed by atoms with Crippen LogP contribution >= 0.6 is 0 Å². The number of amides is 2. The molecule has 0 radical (unpaired) electrons. The average molecular weight is 309 g/mol. The van der Waals surface area contributed by atoms with Crippen LogP contribution in [-0.2, 0) is 0 Å². The average Bonchev–Trinajstić information content (AvgIpc) is 2.63. The van der Waals surface area contributed by atoms with E-state index in [2.05, 4.69) is 10.3 Å². The first kappa shape index (κ1) is 15.2. The normalized spacial score (nSPS) is 17.6. The number of nitrogens with one attached hydrogen (secondary N) is 1. The molecule has 1 aromatic carbocycles. The van der Waals surface area contributed by atoms with Crippen LogP contribution in [-0.4, -0.2) is 40.8 Å². The van der Waals surface area contributed by atoms with E-state index in [0.29, 0.717) is 17.8 Å². The van der Waals surface area contributed by atoms with Crippen LogP contribution in [0.25, 0.3) is 0 Å². The Morgan fingerprint density at radius 2 is 1.87 bits per heavy atom. The van der Waals surface area contributed by atoms with Gasteiger partial charge in [0.1, 0.15) is 5.69 Å². The van der Waals surface area contributed by atoms with E-state index in [4.69, 9.17) is 0 Å². The second-order valence-electron chi connectivity index (χ2n) is 5.64. The minimum Gasteiger partial charge on any atom is -0.346 e. The van der Waals surface area contributed by atoms with Gasteiger partial charge in [-0.05, 0) is 37.1 Å². The number of benzene rings is 1. The second-order valence-corrected chi connectivity index (χ2v) is 5.64. The van der Waals surface area contributed by atoms with E-state index >= 15 is 0 Å². The third-order valence-corrected chi connectivity index (χ3v) is 3.96. The maximum atomic E-state index is 12.5. The molecule has 2 aromatic rings. The van der Waals surface area contributed by atoms with Gasteiger partial charge >= 0.3 is 0 Å². The molecule has 0 saturated carbocycles. The highest BCUT2D eigenvalue weighted by atomic mass is 16.2. The van der Waals surface area contributed by atoms with Crippen LogP contribution in [0.1, 0.15) is 33.7 Å². The summed E-state index contributed by atoms with van der Waals surface area (Å²) in [6.45, 7) is 1.26. The van der Waals surface area contributed by atoms with E-state index in [1.807, 2.05) is 35.2 Å². The molecule has 1 aliphatic heterocycles. The summed E-state index contributed by atoms with van der Waals surface area (Å²) in [5.74, 6) is -0.174. The van der Waals surface area contributed by atoms with Crippen molar-refractivity contribution in [2.24, 2.45) is 0 Å². The molecule has 1 aromatic heterocycles. The highest BCUT2D eigenvalue weighted by Gasteiger charge is 2.25. The molecule has 2 heterocycles. The largest absolute Gasteiger partial charge is 0.346 e. The molecule has 5 heteroatoms. The number of rotatable bonds is 3. The summed E-state index contributed by atoms with van der Waals surface area (Å²) < 4.78 is 0. The van der Waals surface area contributed by atoms with Crippen LogP contribution < -0.4 is 5.32 Å². The molecule has 5 nitrogen and oxygen atoms in total. The van der Waals surface area contributed by atoms with Crippen LogP contribution in [0.3, 0.4) is 0 Å². The Bertz CT molecular complexity index is 673. The van der Waals surface area contributed by atoms with Crippen molar-refractivity contribution < 1.29 is 9.59 Å². The predicted molar refractivity (Wildman–Crippen MR) is 87.1 cm³/mol. The molecule has 2 amide bonds. The van der Waals surface area contributed by atoms with Crippen molar-refractivity contribution in [1.82, 2.24) is 15.2 Å². The number of aromatic nitrogens is 1. The lowest BCUT2D eigenvalue weighted by atomic mass is 10.0. The minimum atomic E-state index is -0.190. The van der Waals surface area contributed by atoms with Gasteiger partial charge in [0.2, 0.25) is 0 Å². The van der Waals surface area contributed by atoms with Crippen LogP contribution in [0.4, 0.5) is 0 Å². The Kier molecular flexibility index (Phi) is 4.66. The highest BCUT2D eigenvalue weighted by molar-refractivity contribution is 5.94. The minimum absolute atomic E-state index is 0.0161.